The van der Waals surface area contributed by atoms with E-state index in [9.17, 15) is 0 Å². The van der Waals surface area contributed by atoms with Crippen molar-refractivity contribution in [1.29, 1.82) is 0 Å². The molecule has 0 aliphatic rings. The lowest BCUT2D eigenvalue weighted by Crippen LogP contribution is -1.87. The number of aliphatic hydroxyl groups is 1. The third kappa shape index (κ3) is 3.20. The number of unbranched alkanes of at least 4 members (excludes halogenated alkanes) is 1. The van der Waals surface area contributed by atoms with Crippen molar-refractivity contribution in [1.82, 2.24) is 4.98 Å². The van der Waals surface area contributed by atoms with E-state index < -0.39 is 0 Å². The van der Waals surface area contributed by atoms with E-state index in [4.69, 9.17) is 5.11 Å². The summed E-state index contributed by atoms with van der Waals surface area (Å²) in [5, 5.41) is 8.56. The zero-order chi connectivity index (χ0) is 10.4. The summed E-state index contributed by atoms with van der Waals surface area (Å²) >= 11 is 0. The van der Waals surface area contributed by atoms with Gasteiger partial charge in [-0.1, -0.05) is 11.8 Å². The molecule has 0 saturated carbocycles. The van der Waals surface area contributed by atoms with Gasteiger partial charge in [0.2, 0.25) is 0 Å². The SMILES string of the molecule is Cc1cc(C#CCCCO)cnc1C. The zero-order valence-electron chi connectivity index (χ0n) is 8.67. The number of hydrogen-bond acceptors (Lipinski definition) is 2. The Hall–Kier alpha value is -1.33. The van der Waals surface area contributed by atoms with E-state index in [1.54, 1.807) is 6.20 Å². The van der Waals surface area contributed by atoms with Gasteiger partial charge in [-0.15, -0.1) is 0 Å². The van der Waals surface area contributed by atoms with Crippen LogP contribution in [0.5, 0.6) is 0 Å². The molecule has 0 amide bonds. The molecule has 0 spiro atoms. The Kier molecular flexibility index (Phi) is 4.15. The van der Waals surface area contributed by atoms with E-state index >= 15 is 0 Å². The molecular formula is C12H15NO. The maximum absolute atomic E-state index is 8.56. The van der Waals surface area contributed by atoms with Gasteiger partial charge in [0.15, 0.2) is 0 Å². The van der Waals surface area contributed by atoms with Gasteiger partial charge in [-0.3, -0.25) is 4.98 Å². The van der Waals surface area contributed by atoms with Gasteiger partial charge in [-0.2, -0.15) is 0 Å². The Balaban J connectivity index is 2.66. The largest absolute Gasteiger partial charge is 0.396 e. The molecule has 0 bridgehead atoms. The molecule has 0 saturated heterocycles. The van der Waals surface area contributed by atoms with Gasteiger partial charge in [0.1, 0.15) is 0 Å². The second-order valence-electron chi connectivity index (χ2n) is 3.26. The van der Waals surface area contributed by atoms with Crippen LogP contribution in [0.4, 0.5) is 0 Å². The van der Waals surface area contributed by atoms with Crippen LogP contribution in [-0.2, 0) is 0 Å². The summed E-state index contributed by atoms with van der Waals surface area (Å²) in [6.45, 7) is 4.22. The quantitative estimate of drug-likeness (QED) is 0.568. The van der Waals surface area contributed by atoms with E-state index in [0.717, 1.165) is 24.1 Å². The third-order valence-electron chi connectivity index (χ3n) is 2.03. The van der Waals surface area contributed by atoms with E-state index in [0.29, 0.717) is 0 Å². The molecule has 1 rings (SSSR count). The Bertz CT molecular complexity index is 360. The number of aryl methyl sites for hydroxylation is 2. The summed E-state index contributed by atoms with van der Waals surface area (Å²) in [6, 6.07) is 2.04. The lowest BCUT2D eigenvalue weighted by atomic mass is 10.1. The fourth-order valence-corrected chi connectivity index (χ4v) is 1.04. The number of nitrogens with zero attached hydrogens (tertiary/aromatic N) is 1. The zero-order valence-corrected chi connectivity index (χ0v) is 8.67. The van der Waals surface area contributed by atoms with Gasteiger partial charge in [0, 0.05) is 30.5 Å². The van der Waals surface area contributed by atoms with Crippen LogP contribution in [0, 0.1) is 25.7 Å². The van der Waals surface area contributed by atoms with Crippen molar-refractivity contribution >= 4 is 0 Å². The first-order valence-electron chi connectivity index (χ1n) is 4.77. The first-order chi connectivity index (χ1) is 6.74. The lowest BCUT2D eigenvalue weighted by molar-refractivity contribution is 0.290. The van der Waals surface area contributed by atoms with Crippen molar-refractivity contribution in [2.45, 2.75) is 26.7 Å². The summed E-state index contributed by atoms with van der Waals surface area (Å²) in [6.07, 6.45) is 3.27. The monoisotopic (exact) mass is 189 g/mol. The van der Waals surface area contributed by atoms with Gasteiger partial charge in [-0.25, -0.2) is 0 Å². The molecular weight excluding hydrogens is 174 g/mol. The number of hydrogen-bond donors (Lipinski definition) is 1. The molecule has 0 atom stereocenters. The second-order valence-corrected chi connectivity index (χ2v) is 3.26. The molecule has 2 heteroatoms. The molecule has 0 radical (unpaired) electrons. The standard InChI is InChI=1S/C12H15NO/c1-10-8-12(9-13-11(10)2)6-4-3-5-7-14/h8-9,14H,3,5,7H2,1-2H3. The van der Waals surface area contributed by atoms with Gasteiger partial charge in [0.05, 0.1) is 0 Å². The molecule has 1 aromatic rings. The van der Waals surface area contributed by atoms with Crippen LogP contribution < -0.4 is 0 Å². The predicted octanol–water partition coefficient (Wildman–Crippen LogP) is 1.82. The van der Waals surface area contributed by atoms with E-state index in [1.807, 2.05) is 19.9 Å². The van der Waals surface area contributed by atoms with E-state index in [1.165, 1.54) is 5.56 Å². The Morgan fingerprint density at radius 3 is 2.86 bits per heavy atom. The molecule has 0 aromatic carbocycles. The molecule has 1 heterocycles. The van der Waals surface area contributed by atoms with Gasteiger partial charge >= 0.3 is 0 Å². The summed E-state index contributed by atoms with van der Waals surface area (Å²) in [4.78, 5) is 4.23. The molecule has 0 unspecified atom stereocenters. The summed E-state index contributed by atoms with van der Waals surface area (Å²) in [5.41, 5.74) is 3.16. The minimum atomic E-state index is 0.208. The van der Waals surface area contributed by atoms with Crippen LogP contribution in [0.25, 0.3) is 0 Å². The molecule has 0 aliphatic carbocycles. The summed E-state index contributed by atoms with van der Waals surface area (Å²) < 4.78 is 0. The van der Waals surface area contributed by atoms with Crippen LogP contribution >= 0.6 is 0 Å². The van der Waals surface area contributed by atoms with Gasteiger partial charge in [-0.05, 0) is 31.9 Å². The predicted molar refractivity (Wildman–Crippen MR) is 56.9 cm³/mol. The number of rotatable bonds is 2. The first-order valence-corrected chi connectivity index (χ1v) is 4.77. The Morgan fingerprint density at radius 2 is 2.21 bits per heavy atom. The lowest BCUT2D eigenvalue weighted by Gasteiger charge is -1.97. The van der Waals surface area contributed by atoms with Crippen molar-refractivity contribution in [3.63, 3.8) is 0 Å². The van der Waals surface area contributed by atoms with Crippen LogP contribution in [0.2, 0.25) is 0 Å². The van der Waals surface area contributed by atoms with E-state index in [2.05, 4.69) is 16.8 Å². The fraction of sp³-hybridized carbons (Fsp3) is 0.417. The minimum Gasteiger partial charge on any atom is -0.396 e. The molecule has 74 valence electrons. The normalized spacial score (nSPS) is 9.36. The molecule has 2 nitrogen and oxygen atoms in total. The van der Waals surface area contributed by atoms with Gasteiger partial charge in [0.25, 0.3) is 0 Å². The van der Waals surface area contributed by atoms with Crippen LogP contribution in [0.15, 0.2) is 12.3 Å². The molecule has 0 aliphatic heterocycles. The highest BCUT2D eigenvalue weighted by molar-refractivity contribution is 5.35. The second kappa shape index (κ2) is 5.41. The maximum atomic E-state index is 8.56. The van der Waals surface area contributed by atoms with E-state index in [-0.39, 0.29) is 6.61 Å². The number of aliphatic hydroxyl groups excluding tert-OH is 1. The highest BCUT2D eigenvalue weighted by Crippen LogP contribution is 2.04. The average molecular weight is 189 g/mol. The minimum absolute atomic E-state index is 0.208. The number of pyridine rings is 1. The summed E-state index contributed by atoms with van der Waals surface area (Å²) in [7, 11) is 0. The first kappa shape index (κ1) is 10.7. The van der Waals surface area contributed by atoms with Crippen molar-refractivity contribution in [2.75, 3.05) is 6.61 Å². The van der Waals surface area contributed by atoms with Crippen molar-refractivity contribution in [3.05, 3.63) is 29.1 Å². The van der Waals surface area contributed by atoms with Crippen LogP contribution in [-0.4, -0.2) is 16.7 Å². The van der Waals surface area contributed by atoms with Crippen molar-refractivity contribution < 1.29 is 5.11 Å². The average Bonchev–Trinajstić information content (AvgIpc) is 2.18. The maximum Gasteiger partial charge on any atom is 0.0440 e. The van der Waals surface area contributed by atoms with Crippen molar-refractivity contribution in [3.8, 4) is 11.8 Å². The van der Waals surface area contributed by atoms with Crippen LogP contribution in [0.3, 0.4) is 0 Å². The molecule has 0 fully saturated rings. The molecule has 1 aromatic heterocycles. The smallest absolute Gasteiger partial charge is 0.0440 e. The molecule has 1 N–H and O–H groups in total. The van der Waals surface area contributed by atoms with Gasteiger partial charge < -0.3 is 5.11 Å². The highest BCUT2D eigenvalue weighted by atomic mass is 16.2. The highest BCUT2D eigenvalue weighted by Gasteiger charge is 1.93. The van der Waals surface area contributed by atoms with Crippen LogP contribution in [0.1, 0.15) is 29.7 Å². The topological polar surface area (TPSA) is 33.1 Å². The third-order valence-corrected chi connectivity index (χ3v) is 2.03. The Morgan fingerprint density at radius 1 is 1.43 bits per heavy atom. The molecule has 14 heavy (non-hydrogen) atoms. The fourth-order valence-electron chi connectivity index (χ4n) is 1.04. The number of aromatic nitrogens is 1. The Labute approximate surface area is 85.0 Å². The van der Waals surface area contributed by atoms with Crippen molar-refractivity contribution in [2.24, 2.45) is 0 Å². The summed E-state index contributed by atoms with van der Waals surface area (Å²) in [5.74, 6) is 6.02.